The van der Waals surface area contributed by atoms with Crippen molar-refractivity contribution in [1.29, 1.82) is 0 Å². The van der Waals surface area contributed by atoms with Crippen LogP contribution < -0.4 is 0 Å². The Hall–Kier alpha value is -1.38. The van der Waals surface area contributed by atoms with Gasteiger partial charge in [-0.2, -0.15) is 22.0 Å². The summed E-state index contributed by atoms with van der Waals surface area (Å²) < 4.78 is 85.9. The number of Topliss-reactive ketones (excluding diaryl/α,β-unsaturated/α-hetero) is 1. The summed E-state index contributed by atoms with van der Waals surface area (Å²) in [6.45, 7) is 0. The summed E-state index contributed by atoms with van der Waals surface area (Å²) in [7, 11) is 0. The Morgan fingerprint density at radius 2 is 1.68 bits per heavy atom. The molecule has 0 fully saturated rings. The van der Waals surface area contributed by atoms with E-state index in [1.54, 1.807) is 0 Å². The quantitative estimate of drug-likeness (QED) is 0.482. The standard InChI is InChI=1S/C9H3ClF7NO/c10-6-3(5(19)8(13,14)7(11)12)1-2-4(18-6)9(15,16)17/h1-2,7H. The van der Waals surface area contributed by atoms with E-state index in [-0.39, 0.29) is 12.1 Å². The van der Waals surface area contributed by atoms with Crippen LogP contribution >= 0.6 is 11.6 Å². The average Bonchev–Trinajstić information content (AvgIpc) is 2.26. The van der Waals surface area contributed by atoms with Crippen LogP contribution in [-0.2, 0) is 6.18 Å². The van der Waals surface area contributed by atoms with Crippen LogP contribution in [0, 0.1) is 0 Å². The summed E-state index contributed by atoms with van der Waals surface area (Å²) in [6, 6.07) is 0.470. The van der Waals surface area contributed by atoms with Crippen molar-refractivity contribution < 1.29 is 35.5 Å². The molecule has 0 radical (unpaired) electrons. The number of pyridine rings is 1. The fraction of sp³-hybridized carbons (Fsp3) is 0.333. The number of halogens is 8. The fourth-order valence-electron chi connectivity index (χ4n) is 1.04. The lowest BCUT2D eigenvalue weighted by Gasteiger charge is -2.15. The van der Waals surface area contributed by atoms with Crippen molar-refractivity contribution in [3.05, 3.63) is 28.5 Å². The normalized spacial score (nSPS) is 12.9. The van der Waals surface area contributed by atoms with E-state index in [1.165, 1.54) is 0 Å². The molecule has 1 rings (SSSR count). The SMILES string of the molecule is O=C(c1ccc(C(F)(F)F)nc1Cl)C(F)(F)C(F)F. The lowest BCUT2D eigenvalue weighted by molar-refractivity contribution is -0.141. The van der Waals surface area contributed by atoms with Crippen molar-refractivity contribution in [3.8, 4) is 0 Å². The molecule has 0 aromatic carbocycles. The Bertz CT molecular complexity index is 500. The summed E-state index contributed by atoms with van der Waals surface area (Å²) in [5.41, 5.74) is -2.74. The first kappa shape index (κ1) is 15.7. The predicted molar refractivity (Wildman–Crippen MR) is 49.5 cm³/mol. The van der Waals surface area contributed by atoms with E-state index in [0.717, 1.165) is 0 Å². The number of hydrogen-bond acceptors (Lipinski definition) is 2. The molecule has 106 valence electrons. The number of carbonyl (C=O) groups is 1. The van der Waals surface area contributed by atoms with Gasteiger partial charge in [0, 0.05) is 0 Å². The van der Waals surface area contributed by atoms with Crippen molar-refractivity contribution in [1.82, 2.24) is 4.98 Å². The van der Waals surface area contributed by atoms with E-state index in [4.69, 9.17) is 11.6 Å². The van der Waals surface area contributed by atoms with Crippen LogP contribution in [0.15, 0.2) is 12.1 Å². The van der Waals surface area contributed by atoms with Crippen LogP contribution in [0.25, 0.3) is 0 Å². The number of hydrogen-bond donors (Lipinski definition) is 0. The molecular weight excluding hydrogens is 307 g/mol. The Labute approximate surface area is 106 Å². The van der Waals surface area contributed by atoms with Crippen molar-refractivity contribution >= 4 is 17.4 Å². The maximum Gasteiger partial charge on any atom is 0.433 e. The van der Waals surface area contributed by atoms with Gasteiger partial charge in [0.25, 0.3) is 0 Å². The summed E-state index contributed by atoms with van der Waals surface area (Å²) in [5, 5.41) is -1.22. The lowest BCUT2D eigenvalue weighted by atomic mass is 10.1. The molecule has 0 N–H and O–H groups in total. The van der Waals surface area contributed by atoms with Gasteiger partial charge in [-0.25, -0.2) is 13.8 Å². The topological polar surface area (TPSA) is 30.0 Å². The zero-order chi connectivity index (χ0) is 15.0. The molecule has 0 aliphatic carbocycles. The second kappa shape index (κ2) is 4.95. The molecule has 19 heavy (non-hydrogen) atoms. The van der Waals surface area contributed by atoms with Gasteiger partial charge in [0.1, 0.15) is 10.8 Å². The highest BCUT2D eigenvalue weighted by Gasteiger charge is 2.50. The molecule has 2 nitrogen and oxygen atoms in total. The molecule has 0 bridgehead atoms. The summed E-state index contributed by atoms with van der Waals surface area (Å²) in [5.74, 6) is -7.45. The average molecular weight is 310 g/mol. The van der Waals surface area contributed by atoms with Crippen LogP contribution in [0.1, 0.15) is 16.1 Å². The maximum atomic E-state index is 12.7. The number of nitrogens with zero attached hydrogens (tertiary/aromatic N) is 1. The first-order chi connectivity index (χ1) is 8.48. The summed E-state index contributed by atoms with van der Waals surface area (Å²) >= 11 is 5.13. The molecule has 0 aliphatic heterocycles. The van der Waals surface area contributed by atoms with Crippen molar-refractivity contribution in [2.45, 2.75) is 18.5 Å². The van der Waals surface area contributed by atoms with E-state index >= 15 is 0 Å². The number of carbonyl (C=O) groups excluding carboxylic acids is 1. The number of rotatable bonds is 3. The van der Waals surface area contributed by atoms with E-state index in [9.17, 15) is 35.5 Å². The molecule has 0 unspecified atom stereocenters. The second-order valence-corrected chi connectivity index (χ2v) is 3.64. The summed E-state index contributed by atoms with van der Waals surface area (Å²) in [6.07, 6.45) is -9.21. The minimum Gasteiger partial charge on any atom is -0.287 e. The molecule has 0 atom stereocenters. The van der Waals surface area contributed by atoms with Gasteiger partial charge >= 0.3 is 18.5 Å². The van der Waals surface area contributed by atoms with Crippen molar-refractivity contribution in [2.24, 2.45) is 0 Å². The van der Waals surface area contributed by atoms with Gasteiger partial charge in [-0.15, -0.1) is 0 Å². The highest BCUT2D eigenvalue weighted by molar-refractivity contribution is 6.33. The van der Waals surface area contributed by atoms with Gasteiger partial charge in [-0.3, -0.25) is 4.79 Å². The Kier molecular flexibility index (Phi) is 4.08. The molecule has 0 spiro atoms. The lowest BCUT2D eigenvalue weighted by Crippen LogP contribution is -2.36. The Morgan fingerprint density at radius 3 is 2.05 bits per heavy atom. The van der Waals surface area contributed by atoms with Gasteiger partial charge in [0.15, 0.2) is 0 Å². The van der Waals surface area contributed by atoms with Crippen LogP contribution in [-0.4, -0.2) is 23.1 Å². The number of alkyl halides is 7. The highest BCUT2D eigenvalue weighted by atomic mass is 35.5. The molecule has 0 aliphatic rings. The van der Waals surface area contributed by atoms with Crippen molar-refractivity contribution in [3.63, 3.8) is 0 Å². The number of aromatic nitrogens is 1. The highest BCUT2D eigenvalue weighted by Crippen LogP contribution is 2.33. The maximum absolute atomic E-state index is 12.7. The third kappa shape index (κ3) is 3.14. The molecule has 0 saturated heterocycles. The molecule has 0 saturated carbocycles. The van der Waals surface area contributed by atoms with Crippen LogP contribution in [0.2, 0.25) is 5.15 Å². The van der Waals surface area contributed by atoms with Gasteiger partial charge in [0.2, 0.25) is 5.78 Å². The van der Waals surface area contributed by atoms with E-state index in [0.29, 0.717) is 0 Å². The van der Waals surface area contributed by atoms with E-state index in [2.05, 4.69) is 4.98 Å². The zero-order valence-electron chi connectivity index (χ0n) is 8.61. The summed E-state index contributed by atoms with van der Waals surface area (Å²) in [4.78, 5) is 13.7. The minimum atomic E-state index is -5.05. The van der Waals surface area contributed by atoms with Crippen LogP contribution in [0.5, 0.6) is 0 Å². The van der Waals surface area contributed by atoms with Crippen molar-refractivity contribution in [2.75, 3.05) is 0 Å². The minimum absolute atomic E-state index is 0.195. The Balaban J connectivity index is 3.21. The first-order valence-electron chi connectivity index (χ1n) is 4.42. The van der Waals surface area contributed by atoms with Gasteiger partial charge in [0.05, 0.1) is 5.56 Å². The molecule has 1 aromatic heterocycles. The van der Waals surface area contributed by atoms with Crippen LogP contribution in [0.3, 0.4) is 0 Å². The fourth-order valence-corrected chi connectivity index (χ4v) is 1.28. The van der Waals surface area contributed by atoms with Crippen LogP contribution in [0.4, 0.5) is 30.7 Å². The van der Waals surface area contributed by atoms with Gasteiger partial charge in [-0.1, -0.05) is 11.6 Å². The first-order valence-corrected chi connectivity index (χ1v) is 4.80. The van der Waals surface area contributed by atoms with E-state index in [1.807, 2.05) is 0 Å². The number of ketones is 1. The Morgan fingerprint density at radius 1 is 1.16 bits per heavy atom. The van der Waals surface area contributed by atoms with E-state index < -0.39 is 40.7 Å². The monoisotopic (exact) mass is 309 g/mol. The van der Waals surface area contributed by atoms with Gasteiger partial charge < -0.3 is 0 Å². The second-order valence-electron chi connectivity index (χ2n) is 3.29. The third-order valence-corrected chi connectivity index (χ3v) is 2.25. The molecule has 1 heterocycles. The zero-order valence-corrected chi connectivity index (χ0v) is 9.37. The smallest absolute Gasteiger partial charge is 0.287 e. The predicted octanol–water partition coefficient (Wildman–Crippen LogP) is 3.84. The molecule has 10 heteroatoms. The third-order valence-electron chi connectivity index (χ3n) is 1.96. The molecular formula is C9H3ClF7NO. The molecule has 1 aromatic rings. The largest absolute Gasteiger partial charge is 0.433 e. The van der Waals surface area contributed by atoms with Gasteiger partial charge in [-0.05, 0) is 12.1 Å². The molecule has 0 amide bonds.